The number of carbonyl (C=O) groups excluding carboxylic acids is 1. The van der Waals surface area contributed by atoms with Crippen LogP contribution in [0.15, 0.2) is 21.0 Å². The van der Waals surface area contributed by atoms with Gasteiger partial charge in [0.15, 0.2) is 0 Å². The lowest BCUT2D eigenvalue weighted by atomic mass is 10.3. The maximum absolute atomic E-state index is 12.6. The number of nitrogens with zero attached hydrogens (tertiary/aromatic N) is 2. The molecule has 1 N–H and O–H groups in total. The van der Waals surface area contributed by atoms with Gasteiger partial charge < -0.3 is 10.1 Å². The van der Waals surface area contributed by atoms with E-state index in [2.05, 4.69) is 5.32 Å². The molecule has 0 saturated heterocycles. The Morgan fingerprint density at radius 3 is 2.74 bits per heavy atom. The standard InChI is InChI=1S/C15H21N3O4S/c1-10(2)16-12(19)9-18-11-5-8-23-13(11)14(20)17(15(18)21)6-4-7-22-3/h5,8,10H,4,6-7,9H2,1-3H3,(H,16,19). The molecule has 0 bridgehead atoms. The predicted molar refractivity (Wildman–Crippen MR) is 90.1 cm³/mol. The molecule has 0 aliphatic carbocycles. The molecule has 8 heteroatoms. The molecule has 2 rings (SSSR count). The molecule has 0 saturated carbocycles. The van der Waals surface area contributed by atoms with Crippen molar-refractivity contribution in [2.75, 3.05) is 13.7 Å². The number of hydrogen-bond donors (Lipinski definition) is 1. The van der Waals surface area contributed by atoms with Crippen molar-refractivity contribution in [1.82, 2.24) is 14.5 Å². The van der Waals surface area contributed by atoms with Gasteiger partial charge in [0.2, 0.25) is 5.91 Å². The van der Waals surface area contributed by atoms with Gasteiger partial charge in [-0.15, -0.1) is 11.3 Å². The van der Waals surface area contributed by atoms with E-state index in [1.807, 2.05) is 13.8 Å². The molecule has 1 amide bonds. The van der Waals surface area contributed by atoms with E-state index in [-0.39, 0.29) is 30.6 Å². The van der Waals surface area contributed by atoms with Crippen molar-refractivity contribution in [3.8, 4) is 0 Å². The average molecular weight is 339 g/mol. The monoisotopic (exact) mass is 339 g/mol. The molecule has 0 atom stereocenters. The molecule has 126 valence electrons. The van der Waals surface area contributed by atoms with Crippen LogP contribution in [0.25, 0.3) is 10.2 Å². The lowest BCUT2D eigenvalue weighted by Gasteiger charge is -2.13. The maximum atomic E-state index is 12.6. The first kappa shape index (κ1) is 17.4. The summed E-state index contributed by atoms with van der Waals surface area (Å²) in [6.07, 6.45) is 0.556. The molecule has 0 spiro atoms. The molecule has 0 unspecified atom stereocenters. The zero-order chi connectivity index (χ0) is 17.0. The summed E-state index contributed by atoms with van der Waals surface area (Å²) in [5.41, 5.74) is -0.264. The van der Waals surface area contributed by atoms with E-state index >= 15 is 0 Å². The summed E-state index contributed by atoms with van der Waals surface area (Å²) < 4.78 is 7.99. The molecule has 2 heterocycles. The van der Waals surface area contributed by atoms with E-state index in [0.29, 0.717) is 23.2 Å². The molecular formula is C15H21N3O4S. The number of hydrogen-bond acceptors (Lipinski definition) is 5. The van der Waals surface area contributed by atoms with Gasteiger partial charge in [0.05, 0.1) is 5.52 Å². The number of fused-ring (bicyclic) bond motifs is 1. The van der Waals surface area contributed by atoms with Gasteiger partial charge in [-0.25, -0.2) is 4.79 Å². The second kappa shape index (κ2) is 7.56. The van der Waals surface area contributed by atoms with Crippen LogP contribution in [0.4, 0.5) is 0 Å². The van der Waals surface area contributed by atoms with Crippen LogP contribution in [-0.2, 0) is 22.6 Å². The molecule has 23 heavy (non-hydrogen) atoms. The molecule has 0 aromatic carbocycles. The Morgan fingerprint density at radius 1 is 1.35 bits per heavy atom. The Labute approximate surface area is 137 Å². The number of nitrogens with one attached hydrogen (secondary N) is 1. The highest BCUT2D eigenvalue weighted by molar-refractivity contribution is 7.17. The third kappa shape index (κ3) is 3.89. The van der Waals surface area contributed by atoms with Crippen molar-refractivity contribution in [3.05, 3.63) is 32.3 Å². The largest absolute Gasteiger partial charge is 0.385 e. The highest BCUT2D eigenvalue weighted by atomic mass is 32.1. The van der Waals surface area contributed by atoms with Crippen LogP contribution in [0, 0.1) is 0 Å². The van der Waals surface area contributed by atoms with Gasteiger partial charge in [0.1, 0.15) is 11.2 Å². The molecule has 0 fully saturated rings. The van der Waals surface area contributed by atoms with Gasteiger partial charge in [-0.1, -0.05) is 0 Å². The topological polar surface area (TPSA) is 82.3 Å². The number of thiophene rings is 1. The third-order valence-corrected chi connectivity index (χ3v) is 4.21. The van der Waals surface area contributed by atoms with Crippen LogP contribution in [-0.4, -0.2) is 34.8 Å². The van der Waals surface area contributed by atoms with E-state index in [9.17, 15) is 14.4 Å². The molecule has 0 radical (unpaired) electrons. The van der Waals surface area contributed by atoms with Gasteiger partial charge in [-0.3, -0.25) is 18.7 Å². The van der Waals surface area contributed by atoms with Crippen LogP contribution in [0.1, 0.15) is 20.3 Å². The Balaban J connectivity index is 2.46. The normalized spacial score (nSPS) is 11.3. The van der Waals surface area contributed by atoms with E-state index < -0.39 is 5.69 Å². The van der Waals surface area contributed by atoms with E-state index in [0.717, 1.165) is 0 Å². The summed E-state index contributed by atoms with van der Waals surface area (Å²) in [5.74, 6) is -0.253. The maximum Gasteiger partial charge on any atom is 0.332 e. The summed E-state index contributed by atoms with van der Waals surface area (Å²) in [7, 11) is 1.57. The smallest absolute Gasteiger partial charge is 0.332 e. The fraction of sp³-hybridized carbons (Fsp3) is 0.533. The number of amides is 1. The summed E-state index contributed by atoms with van der Waals surface area (Å²) in [5, 5.41) is 4.51. The summed E-state index contributed by atoms with van der Waals surface area (Å²) in [6, 6.07) is 1.69. The lowest BCUT2D eigenvalue weighted by molar-refractivity contribution is -0.122. The van der Waals surface area contributed by atoms with Gasteiger partial charge in [-0.2, -0.15) is 0 Å². The van der Waals surface area contributed by atoms with Gasteiger partial charge in [0.25, 0.3) is 5.56 Å². The summed E-state index contributed by atoms with van der Waals surface area (Å²) in [6.45, 7) is 4.33. The summed E-state index contributed by atoms with van der Waals surface area (Å²) >= 11 is 1.28. The second-order valence-corrected chi connectivity index (χ2v) is 6.45. The quantitative estimate of drug-likeness (QED) is 0.756. The van der Waals surface area contributed by atoms with E-state index in [1.54, 1.807) is 18.6 Å². The van der Waals surface area contributed by atoms with Crippen LogP contribution in [0.3, 0.4) is 0 Å². The van der Waals surface area contributed by atoms with Crippen LogP contribution in [0.2, 0.25) is 0 Å². The van der Waals surface area contributed by atoms with Crippen molar-refractivity contribution >= 4 is 27.5 Å². The van der Waals surface area contributed by atoms with Crippen molar-refractivity contribution in [2.24, 2.45) is 0 Å². The highest BCUT2D eigenvalue weighted by Crippen LogP contribution is 2.15. The van der Waals surface area contributed by atoms with Crippen molar-refractivity contribution in [2.45, 2.75) is 39.4 Å². The van der Waals surface area contributed by atoms with Gasteiger partial charge in [-0.05, 0) is 31.7 Å². The van der Waals surface area contributed by atoms with Crippen LogP contribution in [0.5, 0.6) is 0 Å². The number of methoxy groups -OCH3 is 1. The number of ether oxygens (including phenoxy) is 1. The van der Waals surface area contributed by atoms with Gasteiger partial charge >= 0.3 is 5.69 Å². The van der Waals surface area contributed by atoms with E-state index in [4.69, 9.17) is 4.74 Å². The SMILES string of the molecule is COCCCn1c(=O)c2sccc2n(CC(=O)NC(C)C)c1=O. The summed E-state index contributed by atoms with van der Waals surface area (Å²) in [4.78, 5) is 37.1. The fourth-order valence-electron chi connectivity index (χ4n) is 2.36. The van der Waals surface area contributed by atoms with Gasteiger partial charge in [0, 0.05) is 26.3 Å². The lowest BCUT2D eigenvalue weighted by Crippen LogP contribution is -2.43. The molecule has 7 nitrogen and oxygen atoms in total. The zero-order valence-electron chi connectivity index (χ0n) is 13.5. The molecule has 0 aliphatic heterocycles. The third-order valence-electron chi connectivity index (χ3n) is 3.32. The van der Waals surface area contributed by atoms with Crippen LogP contribution < -0.4 is 16.6 Å². The Bertz CT molecular complexity index is 803. The molecule has 2 aromatic heterocycles. The first-order chi connectivity index (χ1) is 11.0. The average Bonchev–Trinajstić information content (AvgIpc) is 2.96. The Hall–Kier alpha value is -1.93. The van der Waals surface area contributed by atoms with Crippen molar-refractivity contribution in [1.29, 1.82) is 0 Å². The van der Waals surface area contributed by atoms with E-state index in [1.165, 1.54) is 20.5 Å². The minimum absolute atomic E-state index is 0.0104. The number of carbonyl (C=O) groups is 1. The number of aromatic nitrogens is 2. The second-order valence-electron chi connectivity index (χ2n) is 5.53. The minimum Gasteiger partial charge on any atom is -0.385 e. The highest BCUT2D eigenvalue weighted by Gasteiger charge is 2.16. The molecular weight excluding hydrogens is 318 g/mol. The fourth-order valence-corrected chi connectivity index (χ4v) is 3.20. The zero-order valence-corrected chi connectivity index (χ0v) is 14.3. The Morgan fingerprint density at radius 2 is 2.09 bits per heavy atom. The van der Waals surface area contributed by atoms with Crippen molar-refractivity contribution < 1.29 is 9.53 Å². The van der Waals surface area contributed by atoms with Crippen molar-refractivity contribution in [3.63, 3.8) is 0 Å². The first-order valence-electron chi connectivity index (χ1n) is 7.44. The molecule has 0 aliphatic rings. The predicted octanol–water partition coefficient (Wildman–Crippen LogP) is 0.786. The molecule has 2 aromatic rings. The van der Waals surface area contributed by atoms with Crippen LogP contribution >= 0.6 is 11.3 Å². The number of rotatable bonds is 7. The Kier molecular flexibility index (Phi) is 5.73. The first-order valence-corrected chi connectivity index (χ1v) is 8.32. The minimum atomic E-state index is -0.462.